The first kappa shape index (κ1) is 21.5. The molecule has 1 aromatic heterocycles. The second-order valence-corrected chi connectivity index (χ2v) is 9.18. The molecule has 28 heavy (non-hydrogen) atoms. The number of hydrogen-bond donors (Lipinski definition) is 1. The molecule has 0 aromatic carbocycles. The van der Waals surface area contributed by atoms with Gasteiger partial charge in [0.05, 0.1) is 18.8 Å². The Morgan fingerprint density at radius 2 is 2.11 bits per heavy atom. The molecule has 6 nitrogen and oxygen atoms in total. The monoisotopic (exact) mass is 407 g/mol. The van der Waals surface area contributed by atoms with Crippen molar-refractivity contribution >= 4 is 17.3 Å². The maximum absolute atomic E-state index is 5.20. The number of guanidine groups is 1. The highest BCUT2D eigenvalue weighted by Gasteiger charge is 2.20. The summed E-state index contributed by atoms with van der Waals surface area (Å²) in [5.74, 6) is 1.70. The molecule has 1 saturated heterocycles. The summed E-state index contributed by atoms with van der Waals surface area (Å²) in [5.41, 5.74) is 1.35. The van der Waals surface area contributed by atoms with E-state index in [1.54, 1.807) is 7.11 Å². The lowest BCUT2D eigenvalue weighted by molar-refractivity contribution is 0.121. The van der Waals surface area contributed by atoms with Crippen LogP contribution in [0.2, 0.25) is 0 Å². The van der Waals surface area contributed by atoms with Crippen molar-refractivity contribution in [3.63, 3.8) is 0 Å². The highest BCUT2D eigenvalue weighted by molar-refractivity contribution is 7.11. The predicted octanol–water partition coefficient (Wildman–Crippen LogP) is 2.78. The maximum atomic E-state index is 5.20. The molecule has 0 unspecified atom stereocenters. The minimum atomic E-state index is 0.688. The molecule has 1 N–H and O–H groups in total. The Bertz CT molecular complexity index is 601. The van der Waals surface area contributed by atoms with Crippen LogP contribution in [0, 0.1) is 5.92 Å². The van der Waals surface area contributed by atoms with Gasteiger partial charge in [0.25, 0.3) is 0 Å². The van der Waals surface area contributed by atoms with E-state index in [1.807, 2.05) is 11.3 Å². The van der Waals surface area contributed by atoms with E-state index in [2.05, 4.69) is 29.1 Å². The van der Waals surface area contributed by atoms with E-state index in [0.717, 1.165) is 45.2 Å². The second kappa shape index (κ2) is 11.1. The Labute approximate surface area is 174 Å². The molecule has 7 heteroatoms. The number of nitrogens with zero attached hydrogens (tertiary/aromatic N) is 4. The van der Waals surface area contributed by atoms with Gasteiger partial charge in [0.2, 0.25) is 0 Å². The van der Waals surface area contributed by atoms with Gasteiger partial charge >= 0.3 is 0 Å². The summed E-state index contributed by atoms with van der Waals surface area (Å²) in [5, 5.41) is 4.69. The lowest BCUT2D eigenvalue weighted by Gasteiger charge is -2.31. The fraction of sp³-hybridized carbons (Fsp3) is 0.810. The SMILES string of the molecule is CCNC(=NCC1CCN(CCOC)CC1)N(C)Cc1nc2c(s1)CCCC2. The molecule has 3 rings (SSSR count). The minimum Gasteiger partial charge on any atom is -0.383 e. The van der Waals surface area contributed by atoms with Gasteiger partial charge in [-0.2, -0.15) is 0 Å². The molecule has 2 aliphatic rings. The molecule has 0 atom stereocenters. The van der Waals surface area contributed by atoms with Crippen molar-refractivity contribution in [2.24, 2.45) is 10.9 Å². The van der Waals surface area contributed by atoms with Crippen LogP contribution in [0.5, 0.6) is 0 Å². The molecule has 0 amide bonds. The lowest BCUT2D eigenvalue weighted by atomic mass is 9.97. The van der Waals surface area contributed by atoms with E-state index in [9.17, 15) is 0 Å². The smallest absolute Gasteiger partial charge is 0.194 e. The van der Waals surface area contributed by atoms with Crippen LogP contribution in [0.15, 0.2) is 4.99 Å². The zero-order chi connectivity index (χ0) is 19.8. The average molecular weight is 408 g/mol. The summed E-state index contributed by atoms with van der Waals surface area (Å²) in [4.78, 5) is 16.1. The third-order valence-corrected chi connectivity index (χ3v) is 6.92. The average Bonchev–Trinajstić information content (AvgIpc) is 3.12. The first-order valence-corrected chi connectivity index (χ1v) is 11.7. The van der Waals surface area contributed by atoms with Crippen molar-refractivity contribution in [1.29, 1.82) is 0 Å². The summed E-state index contributed by atoms with van der Waals surface area (Å²) < 4.78 is 5.20. The number of aromatic nitrogens is 1. The number of rotatable bonds is 8. The summed E-state index contributed by atoms with van der Waals surface area (Å²) in [7, 11) is 3.91. The van der Waals surface area contributed by atoms with Crippen LogP contribution in [-0.4, -0.2) is 74.2 Å². The van der Waals surface area contributed by atoms with E-state index < -0.39 is 0 Å². The summed E-state index contributed by atoms with van der Waals surface area (Å²) in [6.45, 7) is 9.01. The van der Waals surface area contributed by atoms with Crippen LogP contribution in [-0.2, 0) is 24.1 Å². The predicted molar refractivity (Wildman–Crippen MR) is 117 cm³/mol. The molecule has 1 fully saturated rings. The van der Waals surface area contributed by atoms with E-state index in [4.69, 9.17) is 14.7 Å². The first-order chi connectivity index (χ1) is 13.7. The van der Waals surface area contributed by atoms with Gasteiger partial charge in [-0.25, -0.2) is 4.98 Å². The number of thiazole rings is 1. The minimum absolute atomic E-state index is 0.688. The lowest BCUT2D eigenvalue weighted by Crippen LogP contribution is -2.40. The summed E-state index contributed by atoms with van der Waals surface area (Å²) in [6.07, 6.45) is 7.45. The van der Waals surface area contributed by atoms with Crippen molar-refractivity contribution < 1.29 is 4.74 Å². The van der Waals surface area contributed by atoms with E-state index in [1.165, 1.54) is 60.8 Å². The molecule has 1 aromatic rings. The van der Waals surface area contributed by atoms with Crippen LogP contribution in [0.4, 0.5) is 0 Å². The number of methoxy groups -OCH3 is 1. The van der Waals surface area contributed by atoms with Crippen molar-refractivity contribution in [3.8, 4) is 0 Å². The van der Waals surface area contributed by atoms with Gasteiger partial charge in [-0.3, -0.25) is 4.99 Å². The highest BCUT2D eigenvalue weighted by atomic mass is 32.1. The molecule has 2 heterocycles. The van der Waals surface area contributed by atoms with Crippen molar-refractivity contribution in [2.75, 3.05) is 53.5 Å². The van der Waals surface area contributed by atoms with Crippen molar-refractivity contribution in [2.45, 2.75) is 52.0 Å². The number of likely N-dealkylation sites (tertiary alicyclic amines) is 1. The first-order valence-electron chi connectivity index (χ1n) is 10.9. The topological polar surface area (TPSA) is 53.0 Å². The van der Waals surface area contributed by atoms with E-state index in [0.29, 0.717) is 5.92 Å². The van der Waals surface area contributed by atoms with Gasteiger partial charge in [0.1, 0.15) is 5.01 Å². The number of fused-ring (bicyclic) bond motifs is 1. The standard InChI is InChI=1S/C21H37N5OS/c1-4-22-21(23-15-17-9-11-26(12-10-17)13-14-27-3)25(2)16-20-24-18-7-5-6-8-19(18)28-20/h17H,4-16H2,1-3H3,(H,22,23). The molecule has 0 radical (unpaired) electrons. The van der Waals surface area contributed by atoms with E-state index >= 15 is 0 Å². The van der Waals surface area contributed by atoms with Crippen LogP contribution in [0.25, 0.3) is 0 Å². The molecule has 0 bridgehead atoms. The second-order valence-electron chi connectivity index (χ2n) is 8.01. The normalized spacial score (nSPS) is 18.9. The van der Waals surface area contributed by atoms with Gasteiger partial charge in [-0.15, -0.1) is 11.3 Å². The van der Waals surface area contributed by atoms with Crippen molar-refractivity contribution in [3.05, 3.63) is 15.6 Å². The molecule has 0 saturated carbocycles. The summed E-state index contributed by atoms with van der Waals surface area (Å²) in [6, 6.07) is 0. The number of aliphatic imine (C=N–C) groups is 1. The van der Waals surface area contributed by atoms with Gasteiger partial charge in [-0.05, 0) is 64.5 Å². The third-order valence-electron chi connectivity index (χ3n) is 5.78. The number of hydrogen-bond acceptors (Lipinski definition) is 5. The Kier molecular flexibility index (Phi) is 8.55. The van der Waals surface area contributed by atoms with Crippen LogP contribution >= 0.6 is 11.3 Å². The quantitative estimate of drug-likeness (QED) is 0.530. The Hall–Kier alpha value is -1.18. The van der Waals surface area contributed by atoms with Gasteiger partial charge in [-0.1, -0.05) is 0 Å². The van der Waals surface area contributed by atoms with E-state index in [-0.39, 0.29) is 0 Å². The van der Waals surface area contributed by atoms with Gasteiger partial charge in [0.15, 0.2) is 5.96 Å². The Morgan fingerprint density at radius 3 is 2.82 bits per heavy atom. The van der Waals surface area contributed by atoms with Crippen molar-refractivity contribution in [1.82, 2.24) is 20.1 Å². The molecule has 1 aliphatic heterocycles. The molecule has 0 spiro atoms. The summed E-state index contributed by atoms with van der Waals surface area (Å²) >= 11 is 1.90. The zero-order valence-corrected chi connectivity index (χ0v) is 18.7. The zero-order valence-electron chi connectivity index (χ0n) is 17.9. The van der Waals surface area contributed by atoms with Crippen LogP contribution < -0.4 is 5.32 Å². The van der Waals surface area contributed by atoms with Gasteiger partial charge < -0.3 is 19.9 Å². The maximum Gasteiger partial charge on any atom is 0.194 e. The third kappa shape index (κ3) is 6.16. The number of aryl methyl sites for hydroxylation is 2. The van der Waals surface area contributed by atoms with Crippen LogP contribution in [0.1, 0.15) is 48.2 Å². The Morgan fingerprint density at radius 1 is 1.32 bits per heavy atom. The number of piperidine rings is 1. The number of ether oxygens (including phenoxy) is 1. The molecular weight excluding hydrogens is 370 g/mol. The largest absolute Gasteiger partial charge is 0.383 e. The van der Waals surface area contributed by atoms with Gasteiger partial charge in [0, 0.05) is 38.7 Å². The molecular formula is C21H37N5OS. The fourth-order valence-corrected chi connectivity index (χ4v) is 5.26. The highest BCUT2D eigenvalue weighted by Crippen LogP contribution is 2.27. The molecule has 158 valence electrons. The molecule has 1 aliphatic carbocycles. The Balaban J connectivity index is 1.51. The fourth-order valence-electron chi connectivity index (χ4n) is 4.05. The number of nitrogens with one attached hydrogen (secondary N) is 1. The van der Waals surface area contributed by atoms with Crippen LogP contribution in [0.3, 0.4) is 0 Å².